The quantitative estimate of drug-likeness (QED) is 0.716. The number of amides is 2. The van der Waals surface area contributed by atoms with Gasteiger partial charge in [-0.15, -0.1) is 0 Å². The molecule has 0 heterocycles. The summed E-state index contributed by atoms with van der Waals surface area (Å²) in [7, 11) is 0. The molecule has 0 aromatic heterocycles. The van der Waals surface area contributed by atoms with Crippen LogP contribution in [0.25, 0.3) is 0 Å². The van der Waals surface area contributed by atoms with Gasteiger partial charge in [0.25, 0.3) is 0 Å². The number of aliphatic hydroxyl groups is 1. The van der Waals surface area contributed by atoms with E-state index in [0.717, 1.165) is 12.8 Å². The Kier molecular flexibility index (Phi) is 7.09. The van der Waals surface area contributed by atoms with Crippen LogP contribution in [0.3, 0.4) is 0 Å². The first-order valence-electron chi connectivity index (χ1n) is 7.28. The smallest absolute Gasteiger partial charge is 0.314 e. The molecule has 0 aliphatic carbocycles. The number of nitrogens with one attached hydrogen (secondary N) is 2. The lowest BCUT2D eigenvalue weighted by Gasteiger charge is -2.12. The third-order valence-corrected chi connectivity index (χ3v) is 3.10. The molecule has 4 nitrogen and oxygen atoms in total. The highest BCUT2D eigenvalue weighted by atomic mass is 16.3. The summed E-state index contributed by atoms with van der Waals surface area (Å²) < 4.78 is 0. The third kappa shape index (κ3) is 6.57. The Balaban J connectivity index is 2.24. The van der Waals surface area contributed by atoms with Crippen LogP contribution in [0.15, 0.2) is 18.2 Å². The van der Waals surface area contributed by atoms with E-state index in [2.05, 4.69) is 42.7 Å². The lowest BCUT2D eigenvalue weighted by atomic mass is 10.1. The van der Waals surface area contributed by atoms with Gasteiger partial charge in [0, 0.05) is 13.1 Å². The summed E-state index contributed by atoms with van der Waals surface area (Å²) in [6.07, 6.45) is 1.98. The maximum atomic E-state index is 11.5. The van der Waals surface area contributed by atoms with Gasteiger partial charge < -0.3 is 15.7 Å². The SMILES string of the molecule is CCCC(O)CNC(=O)NCCc1cc(C)cc(C)c1. The first kappa shape index (κ1) is 16.5. The maximum absolute atomic E-state index is 11.5. The molecule has 1 aromatic carbocycles. The fourth-order valence-corrected chi connectivity index (χ4v) is 2.24. The van der Waals surface area contributed by atoms with Crippen LogP contribution in [0.1, 0.15) is 36.5 Å². The predicted octanol–water partition coefficient (Wildman–Crippen LogP) is 2.31. The van der Waals surface area contributed by atoms with Crippen molar-refractivity contribution in [1.29, 1.82) is 0 Å². The van der Waals surface area contributed by atoms with Crippen LogP contribution in [-0.2, 0) is 6.42 Å². The van der Waals surface area contributed by atoms with E-state index in [0.29, 0.717) is 19.5 Å². The van der Waals surface area contributed by atoms with Crippen LogP contribution in [0.4, 0.5) is 4.79 Å². The van der Waals surface area contributed by atoms with Crippen LogP contribution in [0.2, 0.25) is 0 Å². The van der Waals surface area contributed by atoms with Crippen molar-refractivity contribution < 1.29 is 9.90 Å². The Hall–Kier alpha value is -1.55. The minimum absolute atomic E-state index is 0.218. The van der Waals surface area contributed by atoms with Gasteiger partial charge in [0.05, 0.1) is 6.10 Å². The van der Waals surface area contributed by atoms with Gasteiger partial charge >= 0.3 is 6.03 Å². The number of hydrogen-bond donors (Lipinski definition) is 3. The van der Waals surface area contributed by atoms with E-state index in [1.807, 2.05) is 6.92 Å². The molecule has 0 bridgehead atoms. The number of carbonyl (C=O) groups is 1. The van der Waals surface area contributed by atoms with E-state index < -0.39 is 6.10 Å². The summed E-state index contributed by atoms with van der Waals surface area (Å²) in [5.74, 6) is 0. The van der Waals surface area contributed by atoms with Crippen molar-refractivity contribution in [1.82, 2.24) is 10.6 Å². The minimum atomic E-state index is -0.454. The molecule has 0 saturated heterocycles. The summed E-state index contributed by atoms with van der Waals surface area (Å²) in [5, 5.41) is 15.0. The van der Waals surface area contributed by atoms with Crippen molar-refractivity contribution in [3.05, 3.63) is 34.9 Å². The zero-order chi connectivity index (χ0) is 15.0. The lowest BCUT2D eigenvalue weighted by molar-refractivity contribution is 0.160. The van der Waals surface area contributed by atoms with Crippen molar-refractivity contribution in [2.24, 2.45) is 0 Å². The number of rotatable bonds is 7. The van der Waals surface area contributed by atoms with E-state index in [9.17, 15) is 9.90 Å². The van der Waals surface area contributed by atoms with E-state index in [1.54, 1.807) is 0 Å². The minimum Gasteiger partial charge on any atom is -0.391 e. The zero-order valence-corrected chi connectivity index (χ0v) is 12.7. The molecule has 3 N–H and O–H groups in total. The molecule has 2 amide bonds. The van der Waals surface area contributed by atoms with Crippen LogP contribution in [0.5, 0.6) is 0 Å². The number of aliphatic hydroxyl groups excluding tert-OH is 1. The molecule has 0 aliphatic rings. The Bertz CT molecular complexity index is 412. The lowest BCUT2D eigenvalue weighted by Crippen LogP contribution is -2.40. The van der Waals surface area contributed by atoms with Gasteiger partial charge in [0.2, 0.25) is 0 Å². The van der Waals surface area contributed by atoms with Crippen LogP contribution in [-0.4, -0.2) is 30.3 Å². The molecule has 1 rings (SSSR count). The molecule has 4 heteroatoms. The van der Waals surface area contributed by atoms with Crippen LogP contribution in [0, 0.1) is 13.8 Å². The van der Waals surface area contributed by atoms with Gasteiger partial charge in [0.15, 0.2) is 0 Å². The molecule has 0 saturated carbocycles. The highest BCUT2D eigenvalue weighted by Crippen LogP contribution is 2.08. The average molecular weight is 278 g/mol. The Morgan fingerprint density at radius 1 is 1.20 bits per heavy atom. The first-order chi connectivity index (χ1) is 9.51. The Morgan fingerprint density at radius 3 is 2.45 bits per heavy atom. The first-order valence-corrected chi connectivity index (χ1v) is 7.28. The Labute approximate surface area is 121 Å². The molecule has 0 radical (unpaired) electrons. The largest absolute Gasteiger partial charge is 0.391 e. The highest BCUT2D eigenvalue weighted by Gasteiger charge is 2.05. The fourth-order valence-electron chi connectivity index (χ4n) is 2.24. The van der Waals surface area contributed by atoms with Gasteiger partial charge in [-0.3, -0.25) is 0 Å². The topological polar surface area (TPSA) is 61.4 Å². The summed E-state index contributed by atoms with van der Waals surface area (Å²) in [4.78, 5) is 11.5. The predicted molar refractivity (Wildman–Crippen MR) is 81.9 cm³/mol. The van der Waals surface area contributed by atoms with E-state index in [4.69, 9.17) is 0 Å². The number of urea groups is 1. The molecular formula is C16H26N2O2. The molecule has 0 spiro atoms. The number of hydrogen-bond acceptors (Lipinski definition) is 2. The van der Waals surface area contributed by atoms with Gasteiger partial charge in [-0.2, -0.15) is 0 Å². The van der Waals surface area contributed by atoms with Crippen molar-refractivity contribution in [2.45, 2.75) is 46.1 Å². The Morgan fingerprint density at radius 2 is 1.85 bits per heavy atom. The molecular weight excluding hydrogens is 252 g/mol. The van der Waals surface area contributed by atoms with E-state index in [1.165, 1.54) is 16.7 Å². The number of carbonyl (C=O) groups excluding carboxylic acids is 1. The highest BCUT2D eigenvalue weighted by molar-refractivity contribution is 5.73. The molecule has 20 heavy (non-hydrogen) atoms. The number of aryl methyl sites for hydroxylation is 2. The van der Waals surface area contributed by atoms with Gasteiger partial charge in [-0.25, -0.2) is 4.79 Å². The summed E-state index contributed by atoms with van der Waals surface area (Å²) in [6, 6.07) is 6.19. The molecule has 0 fully saturated rings. The third-order valence-electron chi connectivity index (χ3n) is 3.10. The normalized spacial score (nSPS) is 12.0. The molecule has 112 valence electrons. The van der Waals surface area contributed by atoms with Crippen LogP contribution >= 0.6 is 0 Å². The van der Waals surface area contributed by atoms with E-state index >= 15 is 0 Å². The average Bonchev–Trinajstić information content (AvgIpc) is 2.35. The summed E-state index contributed by atoms with van der Waals surface area (Å²) in [6.45, 7) is 7.06. The molecule has 0 aliphatic heterocycles. The standard InChI is InChI=1S/C16H26N2O2/c1-4-5-15(19)11-18-16(20)17-7-6-14-9-12(2)8-13(3)10-14/h8-10,15,19H,4-7,11H2,1-3H3,(H2,17,18,20). The van der Waals surface area contributed by atoms with Crippen molar-refractivity contribution in [2.75, 3.05) is 13.1 Å². The van der Waals surface area contributed by atoms with Crippen molar-refractivity contribution >= 4 is 6.03 Å². The molecule has 1 aromatic rings. The van der Waals surface area contributed by atoms with Crippen molar-refractivity contribution in [3.8, 4) is 0 Å². The number of benzene rings is 1. The second-order valence-corrected chi connectivity index (χ2v) is 5.33. The molecule has 1 atom stereocenters. The second kappa shape index (κ2) is 8.59. The fraction of sp³-hybridized carbons (Fsp3) is 0.562. The maximum Gasteiger partial charge on any atom is 0.314 e. The summed E-state index contributed by atoms with van der Waals surface area (Å²) >= 11 is 0. The monoisotopic (exact) mass is 278 g/mol. The molecule has 1 unspecified atom stereocenters. The van der Waals surface area contributed by atoms with Gasteiger partial charge in [0.1, 0.15) is 0 Å². The van der Waals surface area contributed by atoms with Gasteiger partial charge in [-0.1, -0.05) is 42.7 Å². The second-order valence-electron chi connectivity index (χ2n) is 5.33. The van der Waals surface area contributed by atoms with Crippen molar-refractivity contribution in [3.63, 3.8) is 0 Å². The van der Waals surface area contributed by atoms with Crippen LogP contribution < -0.4 is 10.6 Å². The van der Waals surface area contributed by atoms with Gasteiger partial charge in [-0.05, 0) is 32.3 Å². The van der Waals surface area contributed by atoms with E-state index in [-0.39, 0.29) is 6.03 Å². The summed E-state index contributed by atoms with van der Waals surface area (Å²) in [5.41, 5.74) is 3.72. The zero-order valence-electron chi connectivity index (χ0n) is 12.7.